The normalized spacial score (nSPS) is 45.1. The molecule has 18 heteroatoms. The minimum Gasteiger partial charge on any atom is -0.479 e. The summed E-state index contributed by atoms with van der Waals surface area (Å²) in [5.41, 5.74) is 0. The van der Waals surface area contributed by atoms with E-state index in [1.165, 1.54) is 0 Å². The number of carboxylic acid groups (broad SMARTS) is 1. The van der Waals surface area contributed by atoms with Crippen molar-refractivity contribution in [2.45, 2.75) is 107 Å². The molecule has 3 rings (SSSR count). The number of ether oxygens (including phenoxy) is 5. The number of aliphatic hydroxyl groups excluding tert-OH is 7. The average molecular weight is 599 g/mol. The van der Waals surface area contributed by atoms with Gasteiger partial charge in [0.1, 0.15) is 48.7 Å². The predicted molar refractivity (Wildman–Crippen MR) is 128 cm³/mol. The summed E-state index contributed by atoms with van der Waals surface area (Å²) in [6.45, 7) is 2.40. The van der Waals surface area contributed by atoms with E-state index in [9.17, 15) is 55.2 Å². The summed E-state index contributed by atoms with van der Waals surface area (Å²) in [4.78, 5) is 35.4. The van der Waals surface area contributed by atoms with Gasteiger partial charge < -0.3 is 75.2 Å². The van der Waals surface area contributed by atoms with Gasteiger partial charge in [-0.2, -0.15) is 0 Å². The number of hydrogen-bond acceptors (Lipinski definition) is 15. The number of hydrogen-bond donors (Lipinski definition) is 10. The van der Waals surface area contributed by atoms with Crippen LogP contribution < -0.4 is 10.6 Å². The molecule has 41 heavy (non-hydrogen) atoms. The lowest BCUT2D eigenvalue weighted by atomic mass is 9.89. The van der Waals surface area contributed by atoms with Crippen LogP contribution in [0.25, 0.3) is 0 Å². The van der Waals surface area contributed by atoms with Gasteiger partial charge in [-0.15, -0.1) is 0 Å². The number of carbonyl (C=O) groups is 3. The van der Waals surface area contributed by atoms with Crippen molar-refractivity contribution >= 4 is 17.8 Å². The number of rotatable bonds is 9. The van der Waals surface area contributed by atoms with Gasteiger partial charge in [0, 0.05) is 19.8 Å². The first kappa shape index (κ1) is 33.4. The number of carbonyl (C=O) groups excluding carboxylic acids is 2. The molecule has 3 saturated heterocycles. The van der Waals surface area contributed by atoms with Crippen LogP contribution in [0.1, 0.15) is 20.8 Å². The van der Waals surface area contributed by atoms with E-state index in [4.69, 9.17) is 23.7 Å². The lowest BCUT2D eigenvalue weighted by molar-refractivity contribution is -0.359. The van der Waals surface area contributed by atoms with E-state index in [-0.39, 0.29) is 0 Å². The Hall–Kier alpha value is -2.07. The lowest BCUT2D eigenvalue weighted by Gasteiger charge is -2.48. The van der Waals surface area contributed by atoms with Crippen molar-refractivity contribution in [2.24, 2.45) is 5.92 Å². The molecule has 10 N–H and O–H groups in total. The third kappa shape index (κ3) is 7.29. The van der Waals surface area contributed by atoms with Gasteiger partial charge in [-0.1, -0.05) is 6.92 Å². The SMILES string of the molecule is CC(=O)NC1[C@H](O[C@@H]2C(C(=O)O)O[C@@H](O[C@H]3C(CO)O[C@@H](O)C(NC(C)=O)[C@@H]3O)C(O)[C@@H]2O)OC(CO)[C@H](C)[C@H]1O. The molecule has 2 amide bonds. The molecule has 18 nitrogen and oxygen atoms in total. The zero-order chi connectivity index (χ0) is 30.8. The van der Waals surface area contributed by atoms with Crippen LogP contribution in [0.4, 0.5) is 0 Å². The fraction of sp³-hybridized carbons (Fsp3) is 0.870. The summed E-state index contributed by atoms with van der Waals surface area (Å²) in [5.74, 6) is -3.64. The Morgan fingerprint density at radius 3 is 1.80 bits per heavy atom. The molecule has 3 heterocycles. The summed E-state index contributed by atoms with van der Waals surface area (Å²) in [6, 6.07) is -2.71. The van der Waals surface area contributed by atoms with Crippen molar-refractivity contribution in [3.8, 4) is 0 Å². The van der Waals surface area contributed by atoms with Crippen molar-refractivity contribution < 1.29 is 78.9 Å². The Kier molecular flexibility index (Phi) is 11.4. The van der Waals surface area contributed by atoms with E-state index < -0.39 is 123 Å². The third-order valence-electron chi connectivity index (χ3n) is 7.26. The Labute approximate surface area is 233 Å². The summed E-state index contributed by atoms with van der Waals surface area (Å²) in [7, 11) is 0. The minimum atomic E-state index is -2.06. The molecule has 3 aliphatic heterocycles. The largest absolute Gasteiger partial charge is 0.479 e. The molecule has 0 aromatic carbocycles. The van der Waals surface area contributed by atoms with Crippen LogP contribution in [0.15, 0.2) is 0 Å². The Morgan fingerprint density at radius 1 is 0.707 bits per heavy atom. The zero-order valence-corrected chi connectivity index (χ0v) is 22.4. The van der Waals surface area contributed by atoms with Crippen LogP contribution in [0.5, 0.6) is 0 Å². The fourth-order valence-electron chi connectivity index (χ4n) is 5.05. The van der Waals surface area contributed by atoms with Gasteiger partial charge in [0.2, 0.25) is 11.8 Å². The highest BCUT2D eigenvalue weighted by Gasteiger charge is 2.55. The molecule has 0 radical (unpaired) electrons. The highest BCUT2D eigenvalue weighted by molar-refractivity contribution is 5.74. The molecular formula is C23H38N2O16. The van der Waals surface area contributed by atoms with Crippen LogP contribution in [0.3, 0.4) is 0 Å². The van der Waals surface area contributed by atoms with Gasteiger partial charge in [0.05, 0.1) is 25.4 Å². The average Bonchev–Trinajstić information content (AvgIpc) is 2.90. The maximum Gasteiger partial charge on any atom is 0.335 e. The molecule has 0 aliphatic carbocycles. The van der Waals surface area contributed by atoms with Crippen LogP contribution in [-0.4, -0.2) is 158 Å². The minimum absolute atomic E-state index is 0.568. The first-order chi connectivity index (χ1) is 19.2. The maximum absolute atomic E-state index is 12.1. The Balaban J connectivity index is 1.83. The van der Waals surface area contributed by atoms with E-state index >= 15 is 0 Å². The Bertz CT molecular complexity index is 926. The number of amides is 2. The van der Waals surface area contributed by atoms with Crippen molar-refractivity contribution in [1.82, 2.24) is 10.6 Å². The topological polar surface area (TPSA) is 283 Å². The Morgan fingerprint density at radius 2 is 1.27 bits per heavy atom. The van der Waals surface area contributed by atoms with Crippen molar-refractivity contribution in [3.63, 3.8) is 0 Å². The molecular weight excluding hydrogens is 560 g/mol. The molecule has 0 aromatic rings. The van der Waals surface area contributed by atoms with E-state index in [0.29, 0.717) is 0 Å². The molecule has 0 bridgehead atoms. The van der Waals surface area contributed by atoms with Gasteiger partial charge in [-0.25, -0.2) is 4.79 Å². The summed E-state index contributed by atoms with van der Waals surface area (Å²) >= 11 is 0. The standard InChI is InChI=1S/C23H38N2O16/c1-6-9(4-26)38-22(12(13(6)30)25-8(3)29)40-18-15(32)16(33)23(41-19(18)20(34)35)39-17-10(5-27)37-21(36)11(14(17)31)24-7(2)28/h6,9-19,21-23,26-27,30-33,36H,4-5H2,1-3H3,(H,24,28)(H,25,29)(H,34,35)/t6-,9?,10?,11?,12?,13+,14-,15-,16?,17-,18-,19?,21+,22-,23+/m0/s1. The monoisotopic (exact) mass is 598 g/mol. The van der Waals surface area contributed by atoms with Gasteiger partial charge >= 0.3 is 5.97 Å². The van der Waals surface area contributed by atoms with Gasteiger partial charge in [-0.3, -0.25) is 9.59 Å². The predicted octanol–water partition coefficient (Wildman–Crippen LogP) is -5.92. The number of carboxylic acids is 1. The molecule has 236 valence electrons. The summed E-state index contributed by atoms with van der Waals surface area (Å²) < 4.78 is 27.4. The van der Waals surface area contributed by atoms with E-state index in [2.05, 4.69) is 10.6 Å². The van der Waals surface area contributed by atoms with Gasteiger partial charge in [-0.05, 0) is 0 Å². The molecule has 0 saturated carbocycles. The fourth-order valence-corrected chi connectivity index (χ4v) is 5.05. The van der Waals surface area contributed by atoms with Crippen LogP contribution in [-0.2, 0) is 38.1 Å². The molecule has 0 aromatic heterocycles. The molecule has 3 fully saturated rings. The van der Waals surface area contributed by atoms with E-state index in [0.717, 1.165) is 13.8 Å². The van der Waals surface area contributed by atoms with Crippen LogP contribution in [0.2, 0.25) is 0 Å². The van der Waals surface area contributed by atoms with E-state index in [1.54, 1.807) is 6.92 Å². The second kappa shape index (κ2) is 13.9. The quantitative estimate of drug-likeness (QED) is 0.118. The first-order valence-electron chi connectivity index (χ1n) is 12.9. The molecule has 6 unspecified atom stereocenters. The first-order valence-corrected chi connectivity index (χ1v) is 12.9. The zero-order valence-electron chi connectivity index (χ0n) is 22.4. The second-order valence-corrected chi connectivity index (χ2v) is 10.2. The molecule has 3 aliphatic rings. The van der Waals surface area contributed by atoms with Crippen molar-refractivity contribution in [1.29, 1.82) is 0 Å². The summed E-state index contributed by atoms with van der Waals surface area (Å²) in [5, 5.41) is 87.1. The maximum atomic E-state index is 12.1. The highest BCUT2D eigenvalue weighted by atomic mass is 16.7. The number of aliphatic carboxylic acids is 1. The lowest BCUT2D eigenvalue weighted by Crippen LogP contribution is -2.68. The van der Waals surface area contributed by atoms with Crippen molar-refractivity contribution in [2.75, 3.05) is 13.2 Å². The third-order valence-corrected chi connectivity index (χ3v) is 7.26. The number of nitrogens with one attached hydrogen (secondary N) is 2. The van der Waals surface area contributed by atoms with Crippen molar-refractivity contribution in [3.05, 3.63) is 0 Å². The molecule has 15 atom stereocenters. The van der Waals surface area contributed by atoms with Crippen LogP contribution in [0, 0.1) is 5.92 Å². The van der Waals surface area contributed by atoms with Gasteiger partial charge in [0.25, 0.3) is 0 Å². The number of aliphatic hydroxyl groups is 7. The smallest absolute Gasteiger partial charge is 0.335 e. The molecule has 0 spiro atoms. The van der Waals surface area contributed by atoms with E-state index in [1.807, 2.05) is 0 Å². The van der Waals surface area contributed by atoms with Gasteiger partial charge in [0.15, 0.2) is 25.0 Å². The second-order valence-electron chi connectivity index (χ2n) is 10.2. The van der Waals surface area contributed by atoms with Crippen LogP contribution >= 0.6 is 0 Å². The summed E-state index contributed by atoms with van der Waals surface area (Å²) in [6.07, 6.45) is -20.5. The highest BCUT2D eigenvalue weighted by Crippen LogP contribution is 2.33.